The summed E-state index contributed by atoms with van der Waals surface area (Å²) in [6.07, 6.45) is 1.71. The number of anilines is 1. The van der Waals surface area contributed by atoms with E-state index in [4.69, 9.17) is 5.73 Å². The number of benzene rings is 1. The SMILES string of the molecule is Nc1[nH]ncc1-c1ccc2n[nH]c(Br)c2c1. The van der Waals surface area contributed by atoms with E-state index in [-0.39, 0.29) is 0 Å². The molecule has 4 N–H and O–H groups in total. The van der Waals surface area contributed by atoms with Crippen LogP contribution in [0.3, 0.4) is 0 Å². The molecule has 0 amide bonds. The van der Waals surface area contributed by atoms with Gasteiger partial charge in [-0.1, -0.05) is 6.07 Å². The normalized spacial score (nSPS) is 11.1. The van der Waals surface area contributed by atoms with Gasteiger partial charge in [-0.3, -0.25) is 10.2 Å². The van der Waals surface area contributed by atoms with Crippen LogP contribution in [0.4, 0.5) is 5.82 Å². The summed E-state index contributed by atoms with van der Waals surface area (Å²) in [7, 11) is 0. The Hall–Kier alpha value is -1.82. The minimum absolute atomic E-state index is 0.568. The number of nitrogens with two attached hydrogens (primary N) is 1. The lowest BCUT2D eigenvalue weighted by molar-refractivity contribution is 1.10. The van der Waals surface area contributed by atoms with E-state index in [1.807, 2.05) is 18.2 Å². The average Bonchev–Trinajstić information content (AvgIpc) is 2.86. The number of hydrogen-bond donors (Lipinski definition) is 3. The first-order chi connectivity index (χ1) is 7.75. The van der Waals surface area contributed by atoms with E-state index < -0.39 is 0 Å². The lowest BCUT2D eigenvalue weighted by Crippen LogP contribution is -1.87. The lowest BCUT2D eigenvalue weighted by atomic mass is 10.1. The molecule has 6 heteroatoms. The summed E-state index contributed by atoms with van der Waals surface area (Å²) in [4.78, 5) is 0. The van der Waals surface area contributed by atoms with Gasteiger partial charge in [-0.2, -0.15) is 10.2 Å². The van der Waals surface area contributed by atoms with Gasteiger partial charge in [0.05, 0.1) is 11.7 Å². The van der Waals surface area contributed by atoms with E-state index in [0.29, 0.717) is 5.82 Å². The summed E-state index contributed by atoms with van der Waals surface area (Å²) >= 11 is 3.41. The second kappa shape index (κ2) is 3.34. The van der Waals surface area contributed by atoms with Crippen molar-refractivity contribution in [3.05, 3.63) is 29.0 Å². The molecule has 80 valence electrons. The summed E-state index contributed by atoms with van der Waals surface area (Å²) in [6, 6.07) is 5.93. The maximum Gasteiger partial charge on any atom is 0.126 e. The van der Waals surface area contributed by atoms with E-state index in [9.17, 15) is 0 Å². The van der Waals surface area contributed by atoms with Gasteiger partial charge in [0.25, 0.3) is 0 Å². The van der Waals surface area contributed by atoms with Crippen molar-refractivity contribution >= 4 is 32.7 Å². The zero-order valence-corrected chi connectivity index (χ0v) is 9.75. The minimum Gasteiger partial charge on any atom is -0.384 e. The molecular weight excluding hydrogens is 270 g/mol. The van der Waals surface area contributed by atoms with Crippen molar-refractivity contribution < 1.29 is 0 Å². The molecule has 3 rings (SSSR count). The monoisotopic (exact) mass is 277 g/mol. The Kier molecular flexibility index (Phi) is 1.97. The summed E-state index contributed by atoms with van der Waals surface area (Å²) in [5.74, 6) is 0.568. The molecule has 3 aromatic rings. The number of aromatic amines is 2. The number of hydrogen-bond acceptors (Lipinski definition) is 3. The van der Waals surface area contributed by atoms with E-state index in [1.54, 1.807) is 6.20 Å². The predicted octanol–water partition coefficient (Wildman–Crippen LogP) is 2.30. The molecule has 2 heterocycles. The molecule has 0 unspecified atom stereocenters. The van der Waals surface area contributed by atoms with Crippen LogP contribution in [-0.4, -0.2) is 20.4 Å². The van der Waals surface area contributed by atoms with Crippen molar-refractivity contribution in [3.63, 3.8) is 0 Å². The smallest absolute Gasteiger partial charge is 0.126 e. The maximum atomic E-state index is 5.78. The molecule has 0 aliphatic carbocycles. The molecule has 0 saturated carbocycles. The number of nitrogen functional groups attached to an aromatic ring is 1. The lowest BCUT2D eigenvalue weighted by Gasteiger charge is -1.99. The third kappa shape index (κ3) is 1.30. The Bertz CT molecular complexity index is 654. The van der Waals surface area contributed by atoms with E-state index in [1.165, 1.54) is 0 Å². The number of aromatic nitrogens is 4. The maximum absolute atomic E-state index is 5.78. The molecule has 0 spiro atoms. The highest BCUT2D eigenvalue weighted by Gasteiger charge is 2.08. The van der Waals surface area contributed by atoms with Crippen LogP contribution in [0.5, 0.6) is 0 Å². The number of H-pyrrole nitrogens is 2. The molecule has 0 radical (unpaired) electrons. The predicted molar refractivity (Wildman–Crippen MR) is 65.8 cm³/mol. The number of nitrogens with one attached hydrogen (secondary N) is 2. The van der Waals surface area contributed by atoms with Crippen LogP contribution < -0.4 is 5.73 Å². The Morgan fingerprint density at radius 2 is 2.12 bits per heavy atom. The van der Waals surface area contributed by atoms with Crippen LogP contribution in [0.25, 0.3) is 22.0 Å². The minimum atomic E-state index is 0.568. The van der Waals surface area contributed by atoms with Crippen molar-refractivity contribution in [1.82, 2.24) is 20.4 Å². The van der Waals surface area contributed by atoms with Gasteiger partial charge < -0.3 is 5.73 Å². The van der Waals surface area contributed by atoms with E-state index in [2.05, 4.69) is 36.3 Å². The Morgan fingerprint density at radius 3 is 2.88 bits per heavy atom. The standard InChI is InChI=1S/C10H8BrN5/c11-9-6-3-5(1-2-8(6)14-15-9)7-4-13-16-10(7)12/h1-4H,(H,14,15)(H3,12,13,16). The van der Waals surface area contributed by atoms with Gasteiger partial charge in [0.1, 0.15) is 10.4 Å². The van der Waals surface area contributed by atoms with Gasteiger partial charge in [0, 0.05) is 10.9 Å². The topological polar surface area (TPSA) is 83.4 Å². The Balaban J connectivity index is 2.25. The van der Waals surface area contributed by atoms with Crippen LogP contribution in [0.2, 0.25) is 0 Å². The van der Waals surface area contributed by atoms with Crippen molar-refractivity contribution in [3.8, 4) is 11.1 Å². The van der Waals surface area contributed by atoms with Crippen molar-refractivity contribution in [2.24, 2.45) is 0 Å². The highest BCUT2D eigenvalue weighted by molar-refractivity contribution is 9.10. The highest BCUT2D eigenvalue weighted by Crippen LogP contribution is 2.29. The third-order valence-corrected chi connectivity index (χ3v) is 3.09. The van der Waals surface area contributed by atoms with Crippen LogP contribution in [-0.2, 0) is 0 Å². The van der Waals surface area contributed by atoms with Crippen LogP contribution in [0.15, 0.2) is 29.0 Å². The van der Waals surface area contributed by atoms with Gasteiger partial charge in [-0.25, -0.2) is 0 Å². The molecule has 2 aromatic heterocycles. The fourth-order valence-corrected chi connectivity index (χ4v) is 2.08. The molecule has 0 aliphatic rings. The first-order valence-corrected chi connectivity index (χ1v) is 5.48. The van der Waals surface area contributed by atoms with Gasteiger partial charge in [-0.05, 0) is 33.6 Å². The fraction of sp³-hybridized carbons (Fsp3) is 0. The van der Waals surface area contributed by atoms with Crippen LogP contribution in [0, 0.1) is 0 Å². The van der Waals surface area contributed by atoms with Crippen molar-refractivity contribution in [1.29, 1.82) is 0 Å². The third-order valence-electron chi connectivity index (χ3n) is 2.49. The second-order valence-corrected chi connectivity index (χ2v) is 4.26. The quantitative estimate of drug-likeness (QED) is 0.638. The molecule has 0 atom stereocenters. The average molecular weight is 278 g/mol. The summed E-state index contributed by atoms with van der Waals surface area (Å²) in [5.41, 5.74) is 8.60. The van der Waals surface area contributed by atoms with Gasteiger partial charge >= 0.3 is 0 Å². The number of rotatable bonds is 1. The molecule has 0 saturated heterocycles. The van der Waals surface area contributed by atoms with E-state index in [0.717, 1.165) is 26.6 Å². The first kappa shape index (κ1) is 9.41. The Labute approximate surface area is 99.2 Å². The largest absolute Gasteiger partial charge is 0.384 e. The number of nitrogens with zero attached hydrogens (tertiary/aromatic N) is 2. The van der Waals surface area contributed by atoms with Crippen LogP contribution >= 0.6 is 15.9 Å². The molecule has 16 heavy (non-hydrogen) atoms. The summed E-state index contributed by atoms with van der Waals surface area (Å²) in [5, 5.41) is 14.7. The molecule has 0 aliphatic heterocycles. The fourth-order valence-electron chi connectivity index (χ4n) is 1.67. The van der Waals surface area contributed by atoms with Crippen molar-refractivity contribution in [2.75, 3.05) is 5.73 Å². The molecule has 1 aromatic carbocycles. The van der Waals surface area contributed by atoms with Gasteiger partial charge in [-0.15, -0.1) is 0 Å². The van der Waals surface area contributed by atoms with E-state index >= 15 is 0 Å². The number of halogens is 1. The van der Waals surface area contributed by atoms with Crippen molar-refractivity contribution in [2.45, 2.75) is 0 Å². The first-order valence-electron chi connectivity index (χ1n) is 4.68. The van der Waals surface area contributed by atoms with Gasteiger partial charge in [0.2, 0.25) is 0 Å². The molecule has 0 fully saturated rings. The summed E-state index contributed by atoms with van der Waals surface area (Å²) < 4.78 is 0.867. The molecule has 0 bridgehead atoms. The highest BCUT2D eigenvalue weighted by atomic mass is 79.9. The zero-order chi connectivity index (χ0) is 11.1. The van der Waals surface area contributed by atoms with Crippen LogP contribution in [0.1, 0.15) is 0 Å². The van der Waals surface area contributed by atoms with Gasteiger partial charge in [0.15, 0.2) is 0 Å². The number of fused-ring (bicyclic) bond motifs is 1. The molecular formula is C10H8BrN5. The summed E-state index contributed by atoms with van der Waals surface area (Å²) in [6.45, 7) is 0. The zero-order valence-electron chi connectivity index (χ0n) is 8.16. The molecule has 5 nitrogen and oxygen atoms in total. The second-order valence-electron chi connectivity index (χ2n) is 3.47. The Morgan fingerprint density at radius 1 is 1.25 bits per heavy atom.